The number of ether oxygens (including phenoxy) is 10. The summed E-state index contributed by atoms with van der Waals surface area (Å²) >= 11 is 0. The molecule has 0 bridgehead atoms. The molecule has 0 fully saturated rings. The Morgan fingerprint density at radius 3 is 1.38 bits per heavy atom. The Balaban J connectivity index is 3.28. The average molecular weight is 755 g/mol. The van der Waals surface area contributed by atoms with Crippen molar-refractivity contribution in [1.29, 1.82) is 0 Å². The molecule has 2 amide bonds. The van der Waals surface area contributed by atoms with Crippen molar-refractivity contribution in [1.82, 2.24) is 10.6 Å². The number of amides is 2. The van der Waals surface area contributed by atoms with Crippen LogP contribution < -0.4 is 16.4 Å². The fraction of sp³-hybridized carbons (Fsp3) is 0.939. The number of hydrogen-bond acceptors (Lipinski definition) is 15. The Labute approximate surface area is 308 Å². The summed E-state index contributed by atoms with van der Waals surface area (Å²) in [6.45, 7) is 13.2. The second kappa shape index (κ2) is 40.0. The quantitative estimate of drug-likeness (QED) is 0.0219. The molecule has 19 nitrogen and oxygen atoms in total. The second-order valence-electron chi connectivity index (χ2n) is 11.6. The normalized spacial score (nSPS) is 12.5. The van der Waals surface area contributed by atoms with E-state index in [0.29, 0.717) is 151 Å². The standard InChI is InChI=1S/C33H66N6O13/c1-29(2)28-52-33(42)27-30(34)3-4-31(40)36-6-7-37-32(41)5-9-43-11-13-45-15-17-47-19-21-49-23-25-51-26-24-50-22-20-48-18-16-46-14-12-44-10-8-38-39-35/h29-30,33,42H,3-28,34H2,1-2H3,(H,36,40)(H,37,41)/t30-,33?/m0/s1. The summed E-state index contributed by atoms with van der Waals surface area (Å²) in [6, 6.07) is -0.341. The molecule has 0 aliphatic heterocycles. The Morgan fingerprint density at radius 2 is 1.00 bits per heavy atom. The number of nitrogens with two attached hydrogens (primary N) is 1. The Bertz CT molecular complexity index is 859. The monoisotopic (exact) mass is 754 g/mol. The summed E-state index contributed by atoms with van der Waals surface area (Å²) in [5, 5.41) is 18.7. The van der Waals surface area contributed by atoms with E-state index in [2.05, 4.69) is 20.7 Å². The minimum absolute atomic E-state index is 0.163. The molecule has 2 atom stereocenters. The molecule has 52 heavy (non-hydrogen) atoms. The summed E-state index contributed by atoms with van der Waals surface area (Å²) in [4.78, 5) is 26.5. The minimum atomic E-state index is -0.930. The number of aliphatic hydroxyl groups is 1. The fourth-order valence-electron chi connectivity index (χ4n) is 3.82. The van der Waals surface area contributed by atoms with Crippen LogP contribution >= 0.6 is 0 Å². The van der Waals surface area contributed by atoms with E-state index < -0.39 is 6.29 Å². The van der Waals surface area contributed by atoms with Crippen molar-refractivity contribution in [2.45, 2.75) is 51.9 Å². The highest BCUT2D eigenvalue weighted by atomic mass is 16.6. The largest absolute Gasteiger partial charge is 0.379 e. The van der Waals surface area contributed by atoms with E-state index in [1.807, 2.05) is 13.8 Å². The van der Waals surface area contributed by atoms with Gasteiger partial charge in [0.05, 0.1) is 126 Å². The zero-order valence-electron chi connectivity index (χ0n) is 31.4. The molecule has 0 aromatic rings. The van der Waals surface area contributed by atoms with Crippen LogP contribution in [0.3, 0.4) is 0 Å². The number of carbonyl (C=O) groups excluding carboxylic acids is 2. The molecule has 0 aromatic heterocycles. The molecule has 19 heteroatoms. The van der Waals surface area contributed by atoms with Gasteiger partial charge in [0.1, 0.15) is 0 Å². The van der Waals surface area contributed by atoms with Gasteiger partial charge in [-0.3, -0.25) is 9.59 Å². The van der Waals surface area contributed by atoms with E-state index in [4.69, 9.17) is 58.6 Å². The van der Waals surface area contributed by atoms with Gasteiger partial charge in [-0.05, 0) is 17.9 Å². The van der Waals surface area contributed by atoms with Gasteiger partial charge in [0.2, 0.25) is 11.8 Å². The molecular weight excluding hydrogens is 688 g/mol. The van der Waals surface area contributed by atoms with Gasteiger partial charge < -0.3 is 68.8 Å². The molecule has 0 saturated carbocycles. The van der Waals surface area contributed by atoms with Crippen LogP contribution in [-0.2, 0) is 57.0 Å². The smallest absolute Gasteiger partial charge is 0.222 e. The third-order valence-electron chi connectivity index (χ3n) is 6.49. The SMILES string of the molecule is CC(C)COC(O)C[C@@H](N)CCC(=O)NCCNC(=O)CCOCCOCCOCCOCCOCCOCCOCCOCCOCCN=[N+]=[N-]. The lowest BCUT2D eigenvalue weighted by Gasteiger charge is -2.18. The first-order chi connectivity index (χ1) is 25.3. The van der Waals surface area contributed by atoms with Gasteiger partial charge in [0, 0.05) is 49.9 Å². The molecule has 306 valence electrons. The average Bonchev–Trinajstić information content (AvgIpc) is 3.12. The van der Waals surface area contributed by atoms with Crippen molar-refractivity contribution in [3.8, 4) is 0 Å². The molecular formula is C33H66N6O13. The van der Waals surface area contributed by atoms with E-state index in [0.717, 1.165) is 0 Å². The summed E-state index contributed by atoms with van der Waals surface area (Å²) in [7, 11) is 0. The number of hydrogen-bond donors (Lipinski definition) is 4. The predicted molar refractivity (Wildman–Crippen MR) is 191 cm³/mol. The third kappa shape index (κ3) is 40.5. The lowest BCUT2D eigenvalue weighted by molar-refractivity contribution is -0.124. The first-order valence-electron chi connectivity index (χ1n) is 18.1. The molecule has 0 rings (SSSR count). The number of nitrogens with one attached hydrogen (secondary N) is 2. The van der Waals surface area contributed by atoms with Gasteiger partial charge in [0.15, 0.2) is 6.29 Å². The first kappa shape index (κ1) is 49.8. The highest BCUT2D eigenvalue weighted by Crippen LogP contribution is 2.06. The van der Waals surface area contributed by atoms with Crippen LogP contribution in [0.25, 0.3) is 10.4 Å². The van der Waals surface area contributed by atoms with Crippen molar-refractivity contribution in [3.63, 3.8) is 0 Å². The zero-order valence-corrected chi connectivity index (χ0v) is 31.4. The van der Waals surface area contributed by atoms with Crippen LogP contribution in [0.1, 0.15) is 39.5 Å². The summed E-state index contributed by atoms with van der Waals surface area (Å²) in [5.74, 6) is -0.0123. The molecule has 0 heterocycles. The van der Waals surface area contributed by atoms with Crippen LogP contribution in [0.2, 0.25) is 0 Å². The fourth-order valence-corrected chi connectivity index (χ4v) is 3.82. The number of rotatable bonds is 41. The number of carbonyl (C=O) groups is 2. The predicted octanol–water partition coefficient (Wildman–Crippen LogP) is 0.557. The lowest BCUT2D eigenvalue weighted by atomic mass is 10.1. The highest BCUT2D eigenvalue weighted by molar-refractivity contribution is 5.77. The summed E-state index contributed by atoms with van der Waals surface area (Å²) in [6.07, 6.45) is 0.214. The van der Waals surface area contributed by atoms with Crippen molar-refractivity contribution in [2.75, 3.05) is 145 Å². The Hall–Kier alpha value is -2.23. The molecule has 0 aliphatic carbocycles. The van der Waals surface area contributed by atoms with Gasteiger partial charge >= 0.3 is 0 Å². The van der Waals surface area contributed by atoms with E-state index in [1.54, 1.807) is 0 Å². The van der Waals surface area contributed by atoms with Gasteiger partial charge in [-0.25, -0.2) is 0 Å². The van der Waals surface area contributed by atoms with Gasteiger partial charge in [0.25, 0.3) is 0 Å². The Kier molecular flexibility index (Phi) is 38.3. The van der Waals surface area contributed by atoms with E-state index in [1.165, 1.54) is 0 Å². The third-order valence-corrected chi connectivity index (χ3v) is 6.49. The van der Waals surface area contributed by atoms with Crippen molar-refractivity contribution in [3.05, 3.63) is 10.4 Å². The Morgan fingerprint density at radius 1 is 0.635 bits per heavy atom. The van der Waals surface area contributed by atoms with Gasteiger partial charge in [-0.1, -0.05) is 19.0 Å². The molecule has 1 unspecified atom stereocenters. The van der Waals surface area contributed by atoms with Gasteiger partial charge in [-0.2, -0.15) is 0 Å². The van der Waals surface area contributed by atoms with Crippen molar-refractivity contribution >= 4 is 11.8 Å². The van der Waals surface area contributed by atoms with Crippen LogP contribution in [0.4, 0.5) is 0 Å². The van der Waals surface area contributed by atoms with Gasteiger partial charge in [-0.15, -0.1) is 0 Å². The van der Waals surface area contributed by atoms with Crippen LogP contribution in [0.5, 0.6) is 0 Å². The first-order valence-corrected chi connectivity index (χ1v) is 18.1. The van der Waals surface area contributed by atoms with Crippen LogP contribution in [0.15, 0.2) is 5.11 Å². The van der Waals surface area contributed by atoms with Crippen molar-refractivity contribution in [2.24, 2.45) is 16.8 Å². The van der Waals surface area contributed by atoms with Crippen molar-refractivity contribution < 1.29 is 62.1 Å². The zero-order chi connectivity index (χ0) is 38.2. The molecule has 0 aliphatic rings. The molecule has 0 saturated heterocycles. The molecule has 5 N–H and O–H groups in total. The van der Waals surface area contributed by atoms with E-state index in [9.17, 15) is 14.7 Å². The van der Waals surface area contributed by atoms with Crippen LogP contribution in [0, 0.1) is 5.92 Å². The number of nitrogens with zero attached hydrogens (tertiary/aromatic N) is 3. The maximum absolute atomic E-state index is 12.0. The van der Waals surface area contributed by atoms with E-state index in [-0.39, 0.29) is 43.7 Å². The number of azide groups is 1. The summed E-state index contributed by atoms with van der Waals surface area (Å²) < 4.78 is 53.9. The molecule has 0 spiro atoms. The molecule has 0 aromatic carbocycles. The van der Waals surface area contributed by atoms with Crippen LogP contribution in [-0.4, -0.2) is 174 Å². The maximum atomic E-state index is 12.0. The second-order valence-corrected chi connectivity index (χ2v) is 11.6. The minimum Gasteiger partial charge on any atom is -0.379 e. The maximum Gasteiger partial charge on any atom is 0.222 e. The number of aliphatic hydroxyl groups excluding tert-OH is 1. The molecule has 0 radical (unpaired) electrons. The van der Waals surface area contributed by atoms with E-state index >= 15 is 0 Å². The lowest BCUT2D eigenvalue weighted by Crippen LogP contribution is -2.36. The topological polar surface area (TPSA) is 246 Å². The highest BCUT2D eigenvalue weighted by Gasteiger charge is 2.13. The summed E-state index contributed by atoms with van der Waals surface area (Å²) in [5.41, 5.74) is 14.1.